The Morgan fingerprint density at radius 1 is 1.30 bits per heavy atom. The van der Waals surface area contributed by atoms with Gasteiger partial charge in [0, 0.05) is 26.0 Å². The molecule has 0 saturated heterocycles. The molecule has 3 aromatic rings. The Labute approximate surface area is 166 Å². The fourth-order valence-corrected chi connectivity index (χ4v) is 3.45. The summed E-state index contributed by atoms with van der Waals surface area (Å²) < 4.78 is 0. The number of aromatic amines is 1. The third-order valence-electron chi connectivity index (χ3n) is 3.67. The molecule has 0 spiro atoms. The van der Waals surface area contributed by atoms with Crippen LogP contribution in [0.25, 0.3) is 11.4 Å². The molecule has 2 N–H and O–H groups in total. The summed E-state index contributed by atoms with van der Waals surface area (Å²) >= 11 is 7.70. The average molecular weight is 403 g/mol. The van der Waals surface area contributed by atoms with Gasteiger partial charge in [-0.15, -0.1) is 11.8 Å². The minimum absolute atomic E-state index is 0.0868. The highest BCUT2D eigenvalue weighted by atomic mass is 35.5. The van der Waals surface area contributed by atoms with Crippen molar-refractivity contribution in [3.8, 4) is 11.4 Å². The molecule has 7 nitrogen and oxygen atoms in total. The molecule has 140 valence electrons. The van der Waals surface area contributed by atoms with Crippen LogP contribution in [0.2, 0.25) is 5.02 Å². The van der Waals surface area contributed by atoms with Gasteiger partial charge in [0.25, 0.3) is 0 Å². The van der Waals surface area contributed by atoms with E-state index in [0.29, 0.717) is 22.2 Å². The topological polar surface area (TPSA) is 86.8 Å². The van der Waals surface area contributed by atoms with E-state index in [1.54, 1.807) is 18.5 Å². The van der Waals surface area contributed by atoms with Crippen LogP contribution in [0.3, 0.4) is 0 Å². The number of rotatable bonds is 7. The third kappa shape index (κ3) is 5.21. The molecule has 9 heteroatoms. The number of amides is 1. The van der Waals surface area contributed by atoms with Gasteiger partial charge in [0.1, 0.15) is 12.2 Å². The van der Waals surface area contributed by atoms with Gasteiger partial charge in [-0.1, -0.05) is 11.6 Å². The van der Waals surface area contributed by atoms with Gasteiger partial charge in [0.15, 0.2) is 0 Å². The molecule has 3 rings (SSSR count). The van der Waals surface area contributed by atoms with Crippen LogP contribution in [0.15, 0.2) is 43.0 Å². The van der Waals surface area contributed by atoms with Crippen molar-refractivity contribution < 1.29 is 4.79 Å². The van der Waals surface area contributed by atoms with Gasteiger partial charge >= 0.3 is 0 Å². The predicted octanol–water partition coefficient (Wildman–Crippen LogP) is 3.46. The molecule has 1 amide bonds. The summed E-state index contributed by atoms with van der Waals surface area (Å²) in [5.41, 5.74) is 3.19. The van der Waals surface area contributed by atoms with Gasteiger partial charge in [-0.05, 0) is 24.3 Å². The zero-order valence-electron chi connectivity index (χ0n) is 14.9. The molecule has 1 aromatic carbocycles. The number of hydrogen-bond donors (Lipinski definition) is 2. The van der Waals surface area contributed by atoms with Gasteiger partial charge in [0.05, 0.1) is 39.8 Å². The Kier molecular flexibility index (Phi) is 6.31. The molecule has 27 heavy (non-hydrogen) atoms. The summed E-state index contributed by atoms with van der Waals surface area (Å²) in [7, 11) is 3.84. The number of halogens is 1. The van der Waals surface area contributed by atoms with Crippen molar-refractivity contribution in [1.82, 2.24) is 19.9 Å². The first-order valence-corrected chi connectivity index (χ1v) is 9.71. The number of thioether (sulfide) groups is 1. The average Bonchev–Trinajstić information content (AvgIpc) is 3.11. The van der Waals surface area contributed by atoms with E-state index in [0.717, 1.165) is 22.9 Å². The molecule has 0 aliphatic rings. The van der Waals surface area contributed by atoms with Crippen molar-refractivity contribution >= 4 is 40.6 Å². The number of nitrogens with one attached hydrogen (secondary N) is 2. The maximum absolute atomic E-state index is 12.1. The first kappa shape index (κ1) is 19.2. The highest BCUT2D eigenvalue weighted by Crippen LogP contribution is 2.27. The van der Waals surface area contributed by atoms with E-state index in [4.69, 9.17) is 11.6 Å². The van der Waals surface area contributed by atoms with Crippen molar-refractivity contribution in [2.45, 2.75) is 5.75 Å². The SMILES string of the molecule is CN(C)c1ccc(NC(=O)CSCc2ncc(-c3ccncn3)[nH]2)cc1Cl. The number of benzene rings is 1. The van der Waals surface area contributed by atoms with Crippen LogP contribution in [0, 0.1) is 0 Å². The second kappa shape index (κ2) is 8.88. The molecule has 2 heterocycles. The Balaban J connectivity index is 1.49. The minimum atomic E-state index is -0.0868. The maximum Gasteiger partial charge on any atom is 0.234 e. The Bertz CT molecular complexity index is 915. The van der Waals surface area contributed by atoms with Gasteiger partial charge in [0.2, 0.25) is 5.91 Å². The van der Waals surface area contributed by atoms with Gasteiger partial charge < -0.3 is 15.2 Å². The zero-order chi connectivity index (χ0) is 19.2. The standard InChI is InChI=1S/C18H19ClN6OS/c1-25(2)16-4-3-12(7-13(16)19)23-18(26)10-27-9-17-21-8-15(24-17)14-5-6-20-11-22-14/h3-8,11H,9-10H2,1-2H3,(H,21,24)(H,23,26). The molecular formula is C18H19ClN6OS. The summed E-state index contributed by atoms with van der Waals surface area (Å²) in [5.74, 6) is 1.62. The van der Waals surface area contributed by atoms with Crippen molar-refractivity contribution in [3.05, 3.63) is 53.8 Å². The molecular weight excluding hydrogens is 384 g/mol. The van der Waals surface area contributed by atoms with Gasteiger partial charge in [-0.2, -0.15) is 0 Å². The summed E-state index contributed by atoms with van der Waals surface area (Å²) in [6, 6.07) is 7.28. The van der Waals surface area contributed by atoms with E-state index in [1.807, 2.05) is 37.2 Å². The van der Waals surface area contributed by atoms with Crippen LogP contribution in [0.4, 0.5) is 11.4 Å². The number of imidazole rings is 1. The van der Waals surface area contributed by atoms with Crippen molar-refractivity contribution in [1.29, 1.82) is 0 Å². The highest BCUT2D eigenvalue weighted by molar-refractivity contribution is 7.99. The van der Waals surface area contributed by atoms with Crippen molar-refractivity contribution in [2.24, 2.45) is 0 Å². The predicted molar refractivity (Wildman–Crippen MR) is 110 cm³/mol. The lowest BCUT2D eigenvalue weighted by molar-refractivity contribution is -0.113. The molecule has 0 aliphatic carbocycles. The van der Waals surface area contributed by atoms with E-state index < -0.39 is 0 Å². The van der Waals surface area contributed by atoms with Gasteiger partial charge in [-0.25, -0.2) is 15.0 Å². The lowest BCUT2D eigenvalue weighted by Gasteiger charge is -2.15. The van der Waals surface area contributed by atoms with Gasteiger partial charge in [-0.3, -0.25) is 4.79 Å². The fourth-order valence-electron chi connectivity index (χ4n) is 2.40. The number of carbonyl (C=O) groups excluding carboxylic acids is 1. The second-order valence-corrected chi connectivity index (χ2v) is 7.33. The number of hydrogen-bond acceptors (Lipinski definition) is 6. The second-order valence-electron chi connectivity index (χ2n) is 5.94. The number of nitrogens with zero attached hydrogens (tertiary/aromatic N) is 4. The number of H-pyrrole nitrogens is 1. The summed E-state index contributed by atoms with van der Waals surface area (Å²) in [5, 5.41) is 3.45. The minimum Gasteiger partial charge on any atom is -0.376 e. The molecule has 0 unspecified atom stereocenters. The van der Waals surface area contributed by atoms with E-state index in [-0.39, 0.29) is 5.91 Å². The van der Waals surface area contributed by atoms with Crippen LogP contribution in [-0.2, 0) is 10.5 Å². The van der Waals surface area contributed by atoms with Crippen LogP contribution >= 0.6 is 23.4 Å². The molecule has 0 atom stereocenters. The van der Waals surface area contributed by atoms with Crippen molar-refractivity contribution in [3.63, 3.8) is 0 Å². The summed E-state index contributed by atoms with van der Waals surface area (Å²) in [4.78, 5) is 29.6. The van der Waals surface area contributed by atoms with Crippen LogP contribution < -0.4 is 10.2 Å². The summed E-state index contributed by atoms with van der Waals surface area (Å²) in [6.07, 6.45) is 4.90. The van der Waals surface area contributed by atoms with Crippen LogP contribution in [-0.4, -0.2) is 45.7 Å². The van der Waals surface area contributed by atoms with E-state index in [9.17, 15) is 4.79 Å². The molecule has 0 bridgehead atoms. The quantitative estimate of drug-likeness (QED) is 0.629. The van der Waals surface area contributed by atoms with E-state index in [2.05, 4.69) is 25.3 Å². The van der Waals surface area contributed by atoms with E-state index >= 15 is 0 Å². The third-order valence-corrected chi connectivity index (χ3v) is 4.92. The lowest BCUT2D eigenvalue weighted by atomic mass is 10.2. The Morgan fingerprint density at radius 3 is 2.85 bits per heavy atom. The monoisotopic (exact) mass is 402 g/mol. The first-order chi connectivity index (χ1) is 13.0. The normalized spacial score (nSPS) is 10.6. The van der Waals surface area contributed by atoms with Crippen LogP contribution in [0.5, 0.6) is 0 Å². The molecule has 0 fully saturated rings. The Hall–Kier alpha value is -2.58. The fraction of sp³-hybridized carbons (Fsp3) is 0.222. The number of aromatic nitrogens is 4. The zero-order valence-corrected chi connectivity index (χ0v) is 16.5. The number of anilines is 2. The molecule has 0 aliphatic heterocycles. The maximum atomic E-state index is 12.1. The molecule has 0 radical (unpaired) electrons. The smallest absolute Gasteiger partial charge is 0.234 e. The summed E-state index contributed by atoms with van der Waals surface area (Å²) in [6.45, 7) is 0. The van der Waals surface area contributed by atoms with Crippen LogP contribution in [0.1, 0.15) is 5.82 Å². The molecule has 0 saturated carbocycles. The number of carbonyl (C=O) groups is 1. The first-order valence-electron chi connectivity index (χ1n) is 8.17. The van der Waals surface area contributed by atoms with E-state index in [1.165, 1.54) is 18.1 Å². The highest BCUT2D eigenvalue weighted by Gasteiger charge is 2.09. The lowest BCUT2D eigenvalue weighted by Crippen LogP contribution is -2.15. The largest absolute Gasteiger partial charge is 0.376 e. The molecule has 2 aromatic heterocycles. The van der Waals surface area contributed by atoms with Crippen molar-refractivity contribution in [2.75, 3.05) is 30.1 Å². The Morgan fingerprint density at radius 2 is 2.15 bits per heavy atom.